The molecule has 4 aliphatic heterocycles. The zero-order valence-corrected chi connectivity index (χ0v) is 15.4. The lowest BCUT2D eigenvalue weighted by molar-refractivity contribution is -0.136. The van der Waals surface area contributed by atoms with E-state index in [0.29, 0.717) is 13.0 Å². The molecule has 0 amide bonds. The van der Waals surface area contributed by atoms with Gasteiger partial charge in [0.1, 0.15) is 36.1 Å². The fraction of sp³-hybridized carbons (Fsp3) is 0.850. The first-order valence-corrected chi connectivity index (χ1v) is 10.1. The predicted octanol–water partition coefficient (Wildman–Crippen LogP) is 0.0755. The summed E-state index contributed by atoms with van der Waals surface area (Å²) >= 11 is 0. The first-order chi connectivity index (χ1) is 12.9. The molecule has 7 aliphatic rings. The summed E-state index contributed by atoms with van der Waals surface area (Å²) < 4.78 is 24.2. The second-order valence-electron chi connectivity index (χ2n) is 9.84. The molecule has 5 fully saturated rings. The van der Waals surface area contributed by atoms with E-state index in [-0.39, 0.29) is 48.1 Å². The molecule has 0 aromatic heterocycles. The van der Waals surface area contributed by atoms with Crippen molar-refractivity contribution in [3.8, 4) is 0 Å². The van der Waals surface area contributed by atoms with Crippen molar-refractivity contribution in [1.29, 1.82) is 0 Å². The minimum absolute atomic E-state index is 0.0381. The lowest BCUT2D eigenvalue weighted by Crippen LogP contribution is -2.69. The third kappa shape index (κ3) is 1.30. The van der Waals surface area contributed by atoms with Gasteiger partial charge in [-0.15, -0.1) is 0 Å². The van der Waals surface area contributed by atoms with Gasteiger partial charge in [-0.2, -0.15) is 0 Å². The zero-order valence-electron chi connectivity index (χ0n) is 15.4. The highest BCUT2D eigenvalue weighted by atomic mass is 16.7. The lowest BCUT2D eigenvalue weighted by atomic mass is 9.46. The van der Waals surface area contributed by atoms with E-state index in [1.165, 1.54) is 0 Å². The molecule has 2 spiro atoms. The van der Waals surface area contributed by atoms with Gasteiger partial charge in [0.2, 0.25) is 0 Å². The Labute approximate surface area is 156 Å². The number of cyclic esters (lactones) is 1. The Morgan fingerprint density at radius 2 is 2.07 bits per heavy atom. The number of carbonyl (C=O) groups excluding carboxylic acids is 1. The number of fused-ring (bicyclic) bond motifs is 4. The molecule has 2 saturated carbocycles. The van der Waals surface area contributed by atoms with Crippen LogP contribution < -0.4 is 0 Å². The Balaban J connectivity index is 1.36. The molecule has 0 bridgehead atoms. The SMILES string of the molecule is CC(CO)[C@]12O[C@H]1C1OC13C1(OC1C[C@H]1C4=C(CCC13C)C(=O)OC4)C2O. The van der Waals surface area contributed by atoms with Crippen LogP contribution >= 0.6 is 0 Å². The van der Waals surface area contributed by atoms with Gasteiger partial charge in [0, 0.05) is 23.5 Å². The summed E-state index contributed by atoms with van der Waals surface area (Å²) in [5, 5.41) is 21.2. The topological polar surface area (TPSA) is 104 Å². The second-order valence-corrected chi connectivity index (χ2v) is 9.84. The molecule has 3 saturated heterocycles. The van der Waals surface area contributed by atoms with Crippen molar-refractivity contribution in [2.24, 2.45) is 17.3 Å². The third-order valence-corrected chi connectivity index (χ3v) is 9.24. The van der Waals surface area contributed by atoms with Crippen LogP contribution in [0, 0.1) is 17.3 Å². The van der Waals surface area contributed by atoms with E-state index < -0.39 is 22.9 Å². The molecule has 7 unspecified atom stereocenters. The quantitative estimate of drug-likeness (QED) is 0.519. The Kier molecular flexibility index (Phi) is 2.43. The van der Waals surface area contributed by atoms with Gasteiger partial charge in [-0.25, -0.2) is 4.79 Å². The van der Waals surface area contributed by atoms with Crippen molar-refractivity contribution >= 4 is 5.97 Å². The summed E-state index contributed by atoms with van der Waals surface area (Å²) in [6.45, 7) is 4.49. The molecular weight excluding hydrogens is 352 g/mol. The summed E-state index contributed by atoms with van der Waals surface area (Å²) in [4.78, 5) is 12.1. The molecule has 0 radical (unpaired) electrons. The zero-order chi connectivity index (χ0) is 18.6. The average Bonchev–Trinajstić information content (AvgIpc) is 3.54. The van der Waals surface area contributed by atoms with Gasteiger partial charge < -0.3 is 29.2 Å². The normalized spacial score (nSPS) is 62.2. The molecule has 7 rings (SSSR count). The largest absolute Gasteiger partial charge is 0.458 e. The van der Waals surface area contributed by atoms with Crippen LogP contribution in [0.1, 0.15) is 33.1 Å². The average molecular weight is 376 g/mol. The van der Waals surface area contributed by atoms with E-state index in [2.05, 4.69) is 6.92 Å². The minimum atomic E-state index is -0.810. The van der Waals surface area contributed by atoms with Crippen LogP contribution in [0.2, 0.25) is 0 Å². The van der Waals surface area contributed by atoms with Crippen molar-refractivity contribution in [3.63, 3.8) is 0 Å². The molecule has 146 valence electrons. The fourth-order valence-electron chi connectivity index (χ4n) is 7.73. The number of carbonyl (C=O) groups is 1. The summed E-state index contributed by atoms with van der Waals surface area (Å²) in [7, 11) is 0. The lowest BCUT2D eigenvalue weighted by Gasteiger charge is -2.53. The predicted molar refractivity (Wildman–Crippen MR) is 88.5 cm³/mol. The molecule has 3 aliphatic carbocycles. The van der Waals surface area contributed by atoms with Crippen LogP contribution in [0.5, 0.6) is 0 Å². The van der Waals surface area contributed by atoms with Gasteiger partial charge in [0.15, 0.2) is 5.60 Å². The van der Waals surface area contributed by atoms with Gasteiger partial charge in [-0.1, -0.05) is 13.8 Å². The number of esters is 1. The summed E-state index contributed by atoms with van der Waals surface area (Å²) in [6.07, 6.45) is 1.06. The van der Waals surface area contributed by atoms with E-state index in [9.17, 15) is 15.0 Å². The highest BCUT2D eigenvalue weighted by Gasteiger charge is 3.00. The number of aliphatic hydroxyl groups is 2. The summed E-state index contributed by atoms with van der Waals surface area (Å²) in [6, 6.07) is 0. The minimum Gasteiger partial charge on any atom is -0.458 e. The molecular formula is C20H24O7. The smallest absolute Gasteiger partial charge is 0.334 e. The molecule has 27 heavy (non-hydrogen) atoms. The van der Waals surface area contributed by atoms with Crippen LogP contribution in [-0.2, 0) is 23.7 Å². The van der Waals surface area contributed by atoms with E-state index in [4.69, 9.17) is 18.9 Å². The van der Waals surface area contributed by atoms with Crippen LogP contribution in [0.25, 0.3) is 0 Å². The Hall–Kier alpha value is -0.990. The second kappa shape index (κ2) is 4.14. The van der Waals surface area contributed by atoms with Crippen molar-refractivity contribution < 1.29 is 34.0 Å². The molecule has 2 N–H and O–H groups in total. The van der Waals surface area contributed by atoms with Gasteiger partial charge >= 0.3 is 5.97 Å². The summed E-state index contributed by atoms with van der Waals surface area (Å²) in [5.74, 6) is -0.172. The number of hydrogen-bond donors (Lipinski definition) is 2. The van der Waals surface area contributed by atoms with Crippen LogP contribution in [0.3, 0.4) is 0 Å². The maximum atomic E-state index is 12.1. The van der Waals surface area contributed by atoms with Gasteiger partial charge in [-0.05, 0) is 30.8 Å². The van der Waals surface area contributed by atoms with E-state index in [0.717, 1.165) is 24.0 Å². The highest BCUT2D eigenvalue weighted by molar-refractivity contribution is 5.92. The Morgan fingerprint density at radius 3 is 2.85 bits per heavy atom. The molecule has 0 aromatic carbocycles. The first kappa shape index (κ1) is 15.9. The van der Waals surface area contributed by atoms with E-state index >= 15 is 0 Å². The monoisotopic (exact) mass is 376 g/mol. The maximum absolute atomic E-state index is 12.1. The number of hydrogen-bond acceptors (Lipinski definition) is 7. The molecule has 4 heterocycles. The summed E-state index contributed by atoms with van der Waals surface area (Å²) in [5.41, 5.74) is -0.338. The van der Waals surface area contributed by atoms with Gasteiger partial charge in [0.25, 0.3) is 0 Å². The first-order valence-electron chi connectivity index (χ1n) is 10.1. The number of ether oxygens (including phenoxy) is 4. The van der Waals surface area contributed by atoms with Crippen molar-refractivity contribution in [3.05, 3.63) is 11.1 Å². The van der Waals surface area contributed by atoms with Crippen molar-refractivity contribution in [2.45, 2.75) is 74.3 Å². The molecule has 0 aromatic rings. The van der Waals surface area contributed by atoms with Crippen LogP contribution in [-0.4, -0.2) is 70.6 Å². The van der Waals surface area contributed by atoms with Crippen molar-refractivity contribution in [1.82, 2.24) is 0 Å². The Morgan fingerprint density at radius 1 is 1.26 bits per heavy atom. The Bertz CT molecular complexity index is 838. The highest BCUT2D eigenvalue weighted by Crippen LogP contribution is 2.82. The van der Waals surface area contributed by atoms with Crippen LogP contribution in [0.15, 0.2) is 11.1 Å². The molecule has 10 atom stereocenters. The number of aliphatic hydroxyl groups excluding tert-OH is 2. The fourth-order valence-corrected chi connectivity index (χ4v) is 7.73. The van der Waals surface area contributed by atoms with E-state index in [1.807, 2.05) is 6.92 Å². The number of rotatable bonds is 2. The van der Waals surface area contributed by atoms with E-state index in [1.54, 1.807) is 0 Å². The van der Waals surface area contributed by atoms with Crippen LogP contribution in [0.4, 0.5) is 0 Å². The standard InChI is InChI=1S/C20H24O7/c1-8(6-21)18-13(26-18)14-20(27-14)17(2)4-3-9-10(7-24-15(9)22)11(17)5-12-19(20,25-12)16(18)23/h8,11-14,16,21,23H,3-7H2,1-2H3/t8?,11-,12?,13-,14?,16?,17?,18-,19?,20?/m0/s1. The van der Waals surface area contributed by atoms with Gasteiger partial charge in [0.05, 0.1) is 6.10 Å². The molecule has 7 nitrogen and oxygen atoms in total. The maximum Gasteiger partial charge on any atom is 0.334 e. The van der Waals surface area contributed by atoms with Gasteiger partial charge in [-0.3, -0.25) is 0 Å². The van der Waals surface area contributed by atoms with Crippen molar-refractivity contribution in [2.75, 3.05) is 13.2 Å². The number of epoxide rings is 3. The third-order valence-electron chi connectivity index (χ3n) is 9.24. The molecule has 7 heteroatoms.